The lowest BCUT2D eigenvalue weighted by molar-refractivity contribution is -0.191. The van der Waals surface area contributed by atoms with Crippen LogP contribution < -0.4 is 4.90 Å². The third kappa shape index (κ3) is 3.03. The number of carbonyl (C=O) groups is 2. The first-order valence-corrected chi connectivity index (χ1v) is 11.5. The van der Waals surface area contributed by atoms with Crippen LogP contribution in [-0.2, 0) is 30.1 Å². The van der Waals surface area contributed by atoms with E-state index in [2.05, 4.69) is 6.58 Å². The summed E-state index contributed by atoms with van der Waals surface area (Å²) in [5.74, 6) is -0.769. The van der Waals surface area contributed by atoms with E-state index in [1.807, 2.05) is 87.5 Å². The van der Waals surface area contributed by atoms with Gasteiger partial charge >= 0.3 is 5.97 Å². The van der Waals surface area contributed by atoms with E-state index in [4.69, 9.17) is 9.47 Å². The highest BCUT2D eigenvalue weighted by atomic mass is 16.6. The fraction of sp³-hybridized carbons (Fsp3) is 0.310. The average molecular weight is 456 g/mol. The van der Waals surface area contributed by atoms with E-state index in [-0.39, 0.29) is 18.9 Å². The summed E-state index contributed by atoms with van der Waals surface area (Å²) in [6.07, 6.45) is 0.244. The molecule has 34 heavy (non-hydrogen) atoms. The molecule has 0 unspecified atom stereocenters. The molecule has 2 heterocycles. The Morgan fingerprint density at radius 1 is 1.03 bits per heavy atom. The summed E-state index contributed by atoms with van der Waals surface area (Å²) in [5.41, 5.74) is -0.942. The van der Waals surface area contributed by atoms with E-state index >= 15 is 0 Å². The predicted octanol–water partition coefficient (Wildman–Crippen LogP) is 5.27. The first kappa shape index (κ1) is 22.4. The summed E-state index contributed by atoms with van der Waals surface area (Å²) in [7, 11) is 1.73. The standard InChI is InChI=1S/C29H29NO4/c1-19-17-28(26(32)34-27(2,3)4,22-15-14-20-10-6-7-11-21(20)16-22)29(33-18-19)23-12-8-9-13-24(23)30(5)25(29)31/h6-16H,1,17-18H2,2-5H3/t28-,29-/m0/s1. The zero-order chi connectivity index (χ0) is 24.3. The molecule has 2 aliphatic heterocycles. The summed E-state index contributed by atoms with van der Waals surface area (Å²) < 4.78 is 12.5. The number of ether oxygens (including phenoxy) is 2. The molecule has 1 saturated heterocycles. The Bertz CT molecular complexity index is 1340. The van der Waals surface area contributed by atoms with E-state index in [0.29, 0.717) is 11.1 Å². The zero-order valence-corrected chi connectivity index (χ0v) is 20.1. The molecule has 174 valence electrons. The number of anilines is 1. The normalized spacial score (nSPS) is 24.5. The number of nitrogens with zero attached hydrogens (tertiary/aromatic N) is 1. The lowest BCUT2D eigenvalue weighted by Gasteiger charge is -2.49. The van der Waals surface area contributed by atoms with Crippen molar-refractivity contribution in [1.82, 2.24) is 0 Å². The minimum absolute atomic E-state index is 0.187. The number of rotatable bonds is 2. The summed E-state index contributed by atoms with van der Waals surface area (Å²) in [6.45, 7) is 9.86. The Hall–Kier alpha value is -3.44. The van der Waals surface area contributed by atoms with E-state index in [0.717, 1.165) is 22.0 Å². The van der Waals surface area contributed by atoms with Gasteiger partial charge in [-0.2, -0.15) is 0 Å². The molecule has 3 aromatic carbocycles. The molecular weight excluding hydrogens is 426 g/mol. The Balaban J connectivity index is 1.87. The molecule has 0 bridgehead atoms. The predicted molar refractivity (Wildman–Crippen MR) is 133 cm³/mol. The first-order chi connectivity index (χ1) is 16.1. The molecule has 5 nitrogen and oxygen atoms in total. The van der Waals surface area contributed by atoms with E-state index in [1.54, 1.807) is 11.9 Å². The number of amides is 1. The Morgan fingerprint density at radius 3 is 2.44 bits per heavy atom. The Kier molecular flexibility index (Phi) is 4.96. The topological polar surface area (TPSA) is 55.8 Å². The number of para-hydroxylation sites is 1. The molecule has 1 fully saturated rings. The highest BCUT2D eigenvalue weighted by Gasteiger charge is 2.70. The van der Waals surface area contributed by atoms with Crippen LogP contribution in [0.4, 0.5) is 5.69 Å². The molecule has 1 spiro atoms. The largest absolute Gasteiger partial charge is 0.459 e. The maximum Gasteiger partial charge on any atom is 0.321 e. The van der Waals surface area contributed by atoms with Crippen molar-refractivity contribution in [3.63, 3.8) is 0 Å². The van der Waals surface area contributed by atoms with Crippen LogP contribution in [0, 0.1) is 0 Å². The van der Waals surface area contributed by atoms with E-state index in [9.17, 15) is 9.59 Å². The second-order valence-electron chi connectivity index (χ2n) is 10.2. The third-order valence-corrected chi connectivity index (χ3v) is 6.85. The number of hydrogen-bond donors (Lipinski definition) is 0. The van der Waals surface area contributed by atoms with Gasteiger partial charge in [0.2, 0.25) is 0 Å². The molecule has 0 aromatic heterocycles. The number of esters is 1. The quantitative estimate of drug-likeness (QED) is 0.390. The fourth-order valence-corrected chi connectivity index (χ4v) is 5.42. The van der Waals surface area contributed by atoms with Gasteiger partial charge < -0.3 is 14.4 Å². The number of likely N-dealkylation sites (N-methyl/N-ethyl adjacent to an activating group) is 1. The monoisotopic (exact) mass is 455 g/mol. The molecule has 0 saturated carbocycles. The van der Waals surface area contributed by atoms with Gasteiger partial charge in [-0.25, -0.2) is 0 Å². The van der Waals surface area contributed by atoms with Crippen molar-refractivity contribution in [2.75, 3.05) is 18.6 Å². The van der Waals surface area contributed by atoms with Gasteiger partial charge in [-0.1, -0.05) is 66.7 Å². The summed E-state index contributed by atoms with van der Waals surface area (Å²) >= 11 is 0. The van der Waals surface area contributed by atoms with Crippen LogP contribution in [-0.4, -0.2) is 31.1 Å². The molecular formula is C29H29NO4. The summed E-state index contributed by atoms with van der Waals surface area (Å²) in [5, 5.41) is 2.02. The van der Waals surface area contributed by atoms with Crippen LogP contribution in [0.25, 0.3) is 10.8 Å². The minimum Gasteiger partial charge on any atom is -0.459 e. The van der Waals surface area contributed by atoms with Crippen molar-refractivity contribution < 1.29 is 19.1 Å². The second kappa shape index (κ2) is 7.54. The van der Waals surface area contributed by atoms with Crippen LogP contribution in [0.3, 0.4) is 0 Å². The van der Waals surface area contributed by atoms with Crippen LogP contribution in [0.1, 0.15) is 38.3 Å². The molecule has 5 heteroatoms. The molecule has 2 atom stereocenters. The lowest BCUT2D eigenvalue weighted by atomic mass is 9.60. The van der Waals surface area contributed by atoms with Gasteiger partial charge in [0, 0.05) is 12.6 Å². The summed E-state index contributed by atoms with van der Waals surface area (Å²) in [4.78, 5) is 30.0. The second-order valence-corrected chi connectivity index (χ2v) is 10.2. The molecule has 0 N–H and O–H groups in total. The van der Waals surface area contributed by atoms with Crippen molar-refractivity contribution in [2.45, 2.75) is 43.8 Å². The fourth-order valence-electron chi connectivity index (χ4n) is 5.42. The first-order valence-electron chi connectivity index (χ1n) is 11.5. The van der Waals surface area contributed by atoms with E-state index in [1.165, 1.54) is 0 Å². The van der Waals surface area contributed by atoms with Crippen molar-refractivity contribution in [2.24, 2.45) is 0 Å². The molecule has 0 aliphatic carbocycles. The van der Waals surface area contributed by atoms with Crippen molar-refractivity contribution in [3.05, 3.63) is 90.0 Å². The highest BCUT2D eigenvalue weighted by Crippen LogP contribution is 2.59. The van der Waals surface area contributed by atoms with Gasteiger partial charge in [0.1, 0.15) is 11.0 Å². The minimum atomic E-state index is -1.57. The molecule has 5 rings (SSSR count). The zero-order valence-electron chi connectivity index (χ0n) is 20.1. The van der Waals surface area contributed by atoms with Gasteiger partial charge in [0.25, 0.3) is 5.91 Å². The van der Waals surface area contributed by atoms with Crippen molar-refractivity contribution in [3.8, 4) is 0 Å². The lowest BCUT2D eigenvalue weighted by Crippen LogP contribution is -2.64. The SMILES string of the molecule is C=C1CO[C@@]2(C(=O)N(C)c3ccccc32)[C@](C(=O)OC(C)(C)C)(c2ccc3ccccc3c2)C1. The van der Waals surface area contributed by atoms with Crippen LogP contribution in [0.15, 0.2) is 78.9 Å². The maximum absolute atomic E-state index is 14.3. The van der Waals surface area contributed by atoms with Crippen LogP contribution in [0.2, 0.25) is 0 Å². The highest BCUT2D eigenvalue weighted by molar-refractivity contribution is 6.12. The number of carbonyl (C=O) groups excluding carboxylic acids is 2. The van der Waals surface area contributed by atoms with Crippen molar-refractivity contribution in [1.29, 1.82) is 0 Å². The molecule has 3 aromatic rings. The van der Waals surface area contributed by atoms with Gasteiger partial charge in [0.05, 0.1) is 12.3 Å². The van der Waals surface area contributed by atoms with Crippen molar-refractivity contribution >= 4 is 28.3 Å². The Morgan fingerprint density at radius 2 is 1.71 bits per heavy atom. The van der Waals surface area contributed by atoms with Crippen LogP contribution >= 0.6 is 0 Å². The van der Waals surface area contributed by atoms with Gasteiger partial charge in [-0.05, 0) is 55.7 Å². The number of benzene rings is 3. The molecule has 1 amide bonds. The Labute approximate surface area is 200 Å². The maximum atomic E-state index is 14.3. The molecule has 0 radical (unpaired) electrons. The van der Waals surface area contributed by atoms with E-state index < -0.39 is 22.6 Å². The summed E-state index contributed by atoms with van der Waals surface area (Å²) in [6, 6.07) is 21.4. The van der Waals surface area contributed by atoms with Gasteiger partial charge in [-0.15, -0.1) is 0 Å². The van der Waals surface area contributed by atoms with Gasteiger partial charge in [-0.3, -0.25) is 9.59 Å². The smallest absolute Gasteiger partial charge is 0.321 e. The number of fused-ring (bicyclic) bond motifs is 3. The van der Waals surface area contributed by atoms with Crippen LogP contribution in [0.5, 0.6) is 0 Å². The third-order valence-electron chi connectivity index (χ3n) is 6.85. The number of hydrogen-bond acceptors (Lipinski definition) is 4. The average Bonchev–Trinajstić information content (AvgIpc) is 3.02. The van der Waals surface area contributed by atoms with Gasteiger partial charge in [0.15, 0.2) is 5.60 Å². The molecule has 2 aliphatic rings.